The van der Waals surface area contributed by atoms with Crippen LogP contribution in [0.1, 0.15) is 53.0 Å². The Morgan fingerprint density at radius 3 is 2.44 bits per heavy atom. The molecule has 2 aromatic carbocycles. The number of unbranched alkanes of at least 4 members (excludes halogenated alkanes) is 1. The molecule has 0 saturated heterocycles. The molecule has 0 fully saturated rings. The molecule has 4 nitrogen and oxygen atoms in total. The van der Waals surface area contributed by atoms with Crippen molar-refractivity contribution in [2.24, 2.45) is 0 Å². The van der Waals surface area contributed by atoms with Gasteiger partial charge in [0.05, 0.1) is 0 Å². The lowest BCUT2D eigenvalue weighted by Gasteiger charge is -2.17. The molecule has 0 aliphatic rings. The monoisotopic (exact) mass is 338 g/mol. The second kappa shape index (κ2) is 9.02. The lowest BCUT2D eigenvalue weighted by Crippen LogP contribution is -2.28. The van der Waals surface area contributed by atoms with Crippen LogP contribution < -0.4 is 5.32 Å². The lowest BCUT2D eigenvalue weighted by molar-refractivity contribution is 0.0793. The van der Waals surface area contributed by atoms with Crippen molar-refractivity contribution in [1.29, 1.82) is 0 Å². The summed E-state index contributed by atoms with van der Waals surface area (Å²) in [6.45, 7) is 4.86. The molecule has 0 atom stereocenters. The number of carbonyl (C=O) groups is 2. The number of hydrogen-bond acceptors (Lipinski definition) is 2. The van der Waals surface area contributed by atoms with Gasteiger partial charge in [0.15, 0.2) is 0 Å². The van der Waals surface area contributed by atoms with Crippen molar-refractivity contribution in [2.75, 3.05) is 18.9 Å². The van der Waals surface area contributed by atoms with Gasteiger partial charge in [-0.2, -0.15) is 0 Å². The zero-order chi connectivity index (χ0) is 18.2. The van der Waals surface area contributed by atoms with E-state index in [-0.39, 0.29) is 11.8 Å². The number of aryl methyl sites for hydroxylation is 1. The molecule has 2 rings (SSSR count). The normalized spacial score (nSPS) is 10.4. The Hall–Kier alpha value is -2.62. The molecule has 4 heteroatoms. The molecule has 0 aromatic heterocycles. The first-order chi connectivity index (χ1) is 12.1. The van der Waals surface area contributed by atoms with Crippen LogP contribution in [0.2, 0.25) is 0 Å². The molecule has 0 heterocycles. The third kappa shape index (κ3) is 4.92. The maximum Gasteiger partial charge on any atom is 0.255 e. The minimum Gasteiger partial charge on any atom is -0.342 e. The third-order valence-electron chi connectivity index (χ3n) is 4.21. The van der Waals surface area contributed by atoms with Gasteiger partial charge in [0.2, 0.25) is 0 Å². The highest BCUT2D eigenvalue weighted by Gasteiger charge is 2.14. The summed E-state index contributed by atoms with van der Waals surface area (Å²) in [6.07, 6.45) is 2.85. The fourth-order valence-electron chi connectivity index (χ4n) is 2.66. The van der Waals surface area contributed by atoms with E-state index >= 15 is 0 Å². The van der Waals surface area contributed by atoms with Gasteiger partial charge in [-0.05, 0) is 42.7 Å². The van der Waals surface area contributed by atoms with Gasteiger partial charge in [0.25, 0.3) is 11.8 Å². The van der Waals surface area contributed by atoms with Crippen LogP contribution >= 0.6 is 0 Å². The van der Waals surface area contributed by atoms with Crippen LogP contribution in [0.5, 0.6) is 0 Å². The standard InChI is InChI=1S/C21H26N2O2/c1-4-6-14-23(3)21(25)18-12-9-11-17(15-18)20(24)22-19-13-8-7-10-16(19)5-2/h7-13,15H,4-6,14H2,1-3H3,(H,22,24). The number of nitrogens with one attached hydrogen (secondary N) is 1. The lowest BCUT2D eigenvalue weighted by atomic mass is 10.1. The van der Waals surface area contributed by atoms with Crippen molar-refractivity contribution in [3.63, 3.8) is 0 Å². The molecule has 132 valence electrons. The molecule has 0 unspecified atom stereocenters. The van der Waals surface area contributed by atoms with Gasteiger partial charge in [0, 0.05) is 30.4 Å². The minimum atomic E-state index is -0.202. The Bertz CT molecular complexity index is 740. The average molecular weight is 338 g/mol. The van der Waals surface area contributed by atoms with Crippen LogP contribution in [0.15, 0.2) is 48.5 Å². The van der Waals surface area contributed by atoms with Gasteiger partial charge in [-0.1, -0.05) is 44.5 Å². The molecule has 0 bridgehead atoms. The van der Waals surface area contributed by atoms with Crippen molar-refractivity contribution in [3.8, 4) is 0 Å². The van der Waals surface area contributed by atoms with Gasteiger partial charge in [-0.3, -0.25) is 9.59 Å². The summed E-state index contributed by atoms with van der Waals surface area (Å²) in [7, 11) is 1.79. The van der Waals surface area contributed by atoms with E-state index in [0.29, 0.717) is 11.1 Å². The van der Waals surface area contributed by atoms with Gasteiger partial charge >= 0.3 is 0 Å². The zero-order valence-corrected chi connectivity index (χ0v) is 15.2. The number of benzene rings is 2. The second-order valence-corrected chi connectivity index (χ2v) is 6.13. The quantitative estimate of drug-likeness (QED) is 0.815. The molecule has 0 spiro atoms. The Morgan fingerprint density at radius 2 is 1.72 bits per heavy atom. The van der Waals surface area contributed by atoms with E-state index in [1.54, 1.807) is 36.2 Å². The van der Waals surface area contributed by atoms with E-state index in [0.717, 1.165) is 37.1 Å². The zero-order valence-electron chi connectivity index (χ0n) is 15.2. The first kappa shape index (κ1) is 18.7. The van der Waals surface area contributed by atoms with E-state index < -0.39 is 0 Å². The first-order valence-corrected chi connectivity index (χ1v) is 8.81. The Balaban J connectivity index is 2.15. The Kier molecular flexibility index (Phi) is 6.75. The molecule has 0 aliphatic heterocycles. The fraction of sp³-hybridized carbons (Fsp3) is 0.333. The highest BCUT2D eigenvalue weighted by molar-refractivity contribution is 6.06. The second-order valence-electron chi connectivity index (χ2n) is 6.13. The van der Waals surface area contributed by atoms with E-state index in [2.05, 4.69) is 19.2 Å². The number of nitrogens with zero attached hydrogens (tertiary/aromatic N) is 1. The molecular weight excluding hydrogens is 312 g/mol. The van der Waals surface area contributed by atoms with Gasteiger partial charge in [0.1, 0.15) is 0 Å². The third-order valence-corrected chi connectivity index (χ3v) is 4.21. The smallest absolute Gasteiger partial charge is 0.255 e. The summed E-state index contributed by atoms with van der Waals surface area (Å²) in [4.78, 5) is 26.7. The summed E-state index contributed by atoms with van der Waals surface area (Å²) in [5, 5.41) is 2.94. The number of anilines is 1. The molecule has 0 aliphatic carbocycles. The van der Waals surface area contributed by atoms with Crippen molar-refractivity contribution < 1.29 is 9.59 Å². The highest BCUT2D eigenvalue weighted by atomic mass is 16.2. The summed E-state index contributed by atoms with van der Waals surface area (Å²) in [5.41, 5.74) is 2.92. The van der Waals surface area contributed by atoms with Crippen molar-refractivity contribution in [1.82, 2.24) is 4.90 Å². The summed E-state index contributed by atoms with van der Waals surface area (Å²) < 4.78 is 0. The summed E-state index contributed by atoms with van der Waals surface area (Å²) >= 11 is 0. The van der Waals surface area contributed by atoms with Crippen molar-refractivity contribution in [3.05, 3.63) is 65.2 Å². The number of hydrogen-bond donors (Lipinski definition) is 1. The van der Waals surface area contributed by atoms with Gasteiger partial charge in [-0.15, -0.1) is 0 Å². The molecule has 0 saturated carbocycles. The topological polar surface area (TPSA) is 49.4 Å². The number of amides is 2. The largest absolute Gasteiger partial charge is 0.342 e. The summed E-state index contributed by atoms with van der Waals surface area (Å²) in [5.74, 6) is -0.260. The Labute approximate surface area is 149 Å². The van der Waals surface area contributed by atoms with Gasteiger partial charge < -0.3 is 10.2 Å². The van der Waals surface area contributed by atoms with E-state index in [9.17, 15) is 9.59 Å². The highest BCUT2D eigenvalue weighted by Crippen LogP contribution is 2.17. The molecule has 25 heavy (non-hydrogen) atoms. The van der Waals surface area contributed by atoms with Crippen LogP contribution in [0.25, 0.3) is 0 Å². The van der Waals surface area contributed by atoms with E-state index in [4.69, 9.17) is 0 Å². The van der Waals surface area contributed by atoms with Crippen LogP contribution in [0.3, 0.4) is 0 Å². The van der Waals surface area contributed by atoms with Crippen molar-refractivity contribution in [2.45, 2.75) is 33.1 Å². The number of carbonyl (C=O) groups excluding carboxylic acids is 2. The average Bonchev–Trinajstić information content (AvgIpc) is 2.65. The van der Waals surface area contributed by atoms with Crippen LogP contribution in [-0.4, -0.2) is 30.3 Å². The molecule has 2 amide bonds. The predicted octanol–water partition coefficient (Wildman–Crippen LogP) is 4.37. The summed E-state index contributed by atoms with van der Waals surface area (Å²) in [6, 6.07) is 14.6. The number of para-hydroxylation sites is 1. The van der Waals surface area contributed by atoms with Crippen LogP contribution in [-0.2, 0) is 6.42 Å². The molecule has 1 N–H and O–H groups in total. The fourth-order valence-corrected chi connectivity index (χ4v) is 2.66. The van der Waals surface area contributed by atoms with E-state index in [1.165, 1.54) is 0 Å². The minimum absolute atomic E-state index is 0.0583. The number of rotatable bonds is 7. The maximum atomic E-state index is 12.6. The van der Waals surface area contributed by atoms with Crippen LogP contribution in [0.4, 0.5) is 5.69 Å². The van der Waals surface area contributed by atoms with Crippen molar-refractivity contribution >= 4 is 17.5 Å². The Morgan fingerprint density at radius 1 is 1.00 bits per heavy atom. The molecule has 0 radical (unpaired) electrons. The predicted molar refractivity (Wildman–Crippen MR) is 102 cm³/mol. The van der Waals surface area contributed by atoms with E-state index in [1.807, 2.05) is 24.3 Å². The first-order valence-electron chi connectivity index (χ1n) is 8.81. The molecule has 2 aromatic rings. The maximum absolute atomic E-state index is 12.6. The molecular formula is C21H26N2O2. The van der Waals surface area contributed by atoms with Gasteiger partial charge in [-0.25, -0.2) is 0 Å². The van der Waals surface area contributed by atoms with Crippen LogP contribution in [0, 0.1) is 0 Å². The SMILES string of the molecule is CCCCN(C)C(=O)c1cccc(C(=O)Nc2ccccc2CC)c1.